The number of carbonyl (C=O) groups is 2. The van der Waals surface area contributed by atoms with Gasteiger partial charge in [-0.05, 0) is 80.1 Å². The molecule has 4 aliphatic carbocycles. The molecule has 0 radical (unpaired) electrons. The number of hydrogen-bond acceptors (Lipinski definition) is 3. The van der Waals surface area contributed by atoms with Gasteiger partial charge in [0.1, 0.15) is 0 Å². The molecule has 0 heterocycles. The number of hydrogen-bond donors (Lipinski definition) is 1. The number of halogens is 2. The van der Waals surface area contributed by atoms with E-state index in [4.69, 9.17) is 27.9 Å². The van der Waals surface area contributed by atoms with Crippen molar-refractivity contribution in [1.82, 2.24) is 5.32 Å². The number of nitrogens with one attached hydrogen (secondary N) is 1. The first-order valence-corrected chi connectivity index (χ1v) is 10.3. The minimum absolute atomic E-state index is 0.0646. The number of rotatable bonds is 5. The lowest BCUT2D eigenvalue weighted by atomic mass is 9.53. The average molecular weight is 408 g/mol. The van der Waals surface area contributed by atoms with Crippen LogP contribution < -0.4 is 5.32 Å². The van der Waals surface area contributed by atoms with Gasteiger partial charge < -0.3 is 10.1 Å². The summed E-state index contributed by atoms with van der Waals surface area (Å²) in [5.74, 6) is 1.49. The average Bonchev–Trinajstić information content (AvgIpc) is 2.57. The van der Waals surface area contributed by atoms with E-state index < -0.39 is 5.97 Å². The van der Waals surface area contributed by atoms with Crippen LogP contribution in [0.5, 0.6) is 0 Å². The third-order valence-corrected chi connectivity index (χ3v) is 6.71. The van der Waals surface area contributed by atoms with E-state index in [9.17, 15) is 9.59 Å². The van der Waals surface area contributed by atoms with Gasteiger partial charge in [0, 0.05) is 21.7 Å². The van der Waals surface area contributed by atoms with Crippen LogP contribution in [0.1, 0.15) is 44.1 Å². The van der Waals surface area contributed by atoms with Gasteiger partial charge in [-0.1, -0.05) is 29.3 Å². The molecule has 27 heavy (non-hydrogen) atoms. The summed E-state index contributed by atoms with van der Waals surface area (Å²) < 4.78 is 5.10. The smallest absolute Gasteiger partial charge is 0.331 e. The zero-order valence-corrected chi connectivity index (χ0v) is 16.6. The molecule has 0 aromatic heterocycles. The van der Waals surface area contributed by atoms with Crippen molar-refractivity contribution in [2.24, 2.45) is 17.8 Å². The molecule has 1 amide bonds. The Kier molecular flexibility index (Phi) is 5.21. The third-order valence-electron chi connectivity index (χ3n) is 6.15. The van der Waals surface area contributed by atoms with Crippen LogP contribution in [0.3, 0.4) is 0 Å². The zero-order chi connectivity index (χ0) is 19.0. The summed E-state index contributed by atoms with van der Waals surface area (Å²) >= 11 is 11.9. The van der Waals surface area contributed by atoms with Crippen LogP contribution in [0.2, 0.25) is 10.0 Å². The van der Waals surface area contributed by atoms with E-state index in [1.165, 1.54) is 25.3 Å². The highest BCUT2D eigenvalue weighted by atomic mass is 35.5. The Morgan fingerprint density at radius 3 is 2.33 bits per heavy atom. The summed E-state index contributed by atoms with van der Waals surface area (Å²) in [6.07, 6.45) is 10.0. The zero-order valence-electron chi connectivity index (χ0n) is 15.0. The second-order valence-corrected chi connectivity index (χ2v) is 9.20. The van der Waals surface area contributed by atoms with Crippen LogP contribution in [0, 0.1) is 17.8 Å². The van der Waals surface area contributed by atoms with Crippen molar-refractivity contribution in [3.05, 3.63) is 39.9 Å². The van der Waals surface area contributed by atoms with Crippen LogP contribution in [-0.4, -0.2) is 24.0 Å². The normalized spacial score (nSPS) is 31.3. The molecule has 4 bridgehead atoms. The lowest BCUT2D eigenvalue weighted by molar-refractivity contribution is -0.145. The molecule has 4 aliphatic rings. The van der Waals surface area contributed by atoms with Crippen LogP contribution in [0.25, 0.3) is 6.08 Å². The van der Waals surface area contributed by atoms with E-state index in [0.717, 1.165) is 37.0 Å². The number of esters is 1. The number of amides is 1. The lowest BCUT2D eigenvalue weighted by Gasteiger charge is -2.56. The highest BCUT2D eigenvalue weighted by molar-refractivity contribution is 6.35. The summed E-state index contributed by atoms with van der Waals surface area (Å²) in [4.78, 5) is 24.3. The Hall–Kier alpha value is -1.52. The molecule has 0 unspecified atom stereocenters. The van der Waals surface area contributed by atoms with Gasteiger partial charge in [-0.2, -0.15) is 0 Å². The standard InChI is InChI=1S/C21H23Cl2NO3/c22-17-3-1-16(18(23)8-17)2-4-20(26)27-12-19(25)24-21-9-13-5-14(10-21)7-15(6-13)11-21/h1-4,8,13-15H,5-7,9-12H2,(H,24,25)/b4-2+. The molecule has 0 spiro atoms. The molecule has 4 nitrogen and oxygen atoms in total. The summed E-state index contributed by atoms with van der Waals surface area (Å²) in [7, 11) is 0. The van der Waals surface area contributed by atoms with Crippen LogP contribution >= 0.6 is 23.2 Å². The van der Waals surface area contributed by atoms with Crippen molar-refractivity contribution in [1.29, 1.82) is 0 Å². The fourth-order valence-corrected chi connectivity index (χ4v) is 6.05. The Bertz CT molecular complexity index is 754. The third kappa shape index (κ3) is 4.33. The molecular formula is C21H23Cl2NO3. The van der Waals surface area contributed by atoms with E-state index in [1.807, 2.05) is 0 Å². The molecular weight excluding hydrogens is 385 g/mol. The summed E-state index contributed by atoms with van der Waals surface area (Å²) in [5.41, 5.74) is 0.598. The summed E-state index contributed by atoms with van der Waals surface area (Å²) in [6, 6.07) is 5.01. The van der Waals surface area contributed by atoms with Gasteiger partial charge >= 0.3 is 5.97 Å². The van der Waals surface area contributed by atoms with Gasteiger partial charge in [0.25, 0.3) is 5.91 Å². The van der Waals surface area contributed by atoms with E-state index in [2.05, 4.69) is 5.32 Å². The van der Waals surface area contributed by atoms with Gasteiger partial charge in [0.15, 0.2) is 6.61 Å². The van der Waals surface area contributed by atoms with Crippen LogP contribution in [0.4, 0.5) is 0 Å². The molecule has 6 heteroatoms. The molecule has 0 saturated heterocycles. The topological polar surface area (TPSA) is 55.4 Å². The Morgan fingerprint density at radius 2 is 1.74 bits per heavy atom. The first kappa shape index (κ1) is 18.8. The minimum atomic E-state index is -0.568. The Labute approximate surface area is 169 Å². The van der Waals surface area contributed by atoms with Crippen molar-refractivity contribution < 1.29 is 14.3 Å². The molecule has 144 valence electrons. The second kappa shape index (κ2) is 7.48. The van der Waals surface area contributed by atoms with Crippen LogP contribution in [0.15, 0.2) is 24.3 Å². The number of ether oxygens (including phenoxy) is 1. The van der Waals surface area contributed by atoms with E-state index in [1.54, 1.807) is 24.3 Å². The predicted octanol–water partition coefficient (Wildman–Crippen LogP) is 4.63. The van der Waals surface area contributed by atoms with E-state index >= 15 is 0 Å². The molecule has 4 saturated carbocycles. The summed E-state index contributed by atoms with van der Waals surface area (Å²) in [6.45, 7) is -0.251. The molecule has 1 aromatic rings. The second-order valence-electron chi connectivity index (χ2n) is 8.35. The quantitative estimate of drug-likeness (QED) is 0.571. The number of carbonyl (C=O) groups excluding carboxylic acids is 2. The van der Waals surface area contributed by atoms with Gasteiger partial charge in [-0.15, -0.1) is 0 Å². The maximum absolute atomic E-state index is 12.3. The predicted molar refractivity (Wildman–Crippen MR) is 106 cm³/mol. The van der Waals surface area contributed by atoms with Crippen molar-refractivity contribution in [2.45, 2.75) is 44.1 Å². The highest BCUT2D eigenvalue weighted by Gasteiger charge is 2.51. The monoisotopic (exact) mass is 407 g/mol. The fraction of sp³-hybridized carbons (Fsp3) is 0.524. The van der Waals surface area contributed by atoms with Gasteiger partial charge in [-0.25, -0.2) is 4.79 Å². The van der Waals surface area contributed by atoms with Crippen molar-refractivity contribution in [3.8, 4) is 0 Å². The maximum Gasteiger partial charge on any atom is 0.331 e. The first-order valence-electron chi connectivity index (χ1n) is 9.52. The fourth-order valence-electron chi connectivity index (χ4n) is 5.57. The van der Waals surface area contributed by atoms with Gasteiger partial charge in [0.05, 0.1) is 0 Å². The van der Waals surface area contributed by atoms with Crippen molar-refractivity contribution in [3.63, 3.8) is 0 Å². The largest absolute Gasteiger partial charge is 0.452 e. The first-order chi connectivity index (χ1) is 12.9. The van der Waals surface area contributed by atoms with Gasteiger partial charge in [0.2, 0.25) is 0 Å². The summed E-state index contributed by atoms with van der Waals surface area (Å²) in [5, 5.41) is 4.17. The number of benzene rings is 1. The van der Waals surface area contributed by atoms with Crippen molar-refractivity contribution >= 4 is 41.2 Å². The molecule has 4 fully saturated rings. The van der Waals surface area contributed by atoms with E-state index in [0.29, 0.717) is 15.6 Å². The van der Waals surface area contributed by atoms with Crippen molar-refractivity contribution in [2.75, 3.05) is 6.61 Å². The lowest BCUT2D eigenvalue weighted by Crippen LogP contribution is -2.60. The molecule has 0 aliphatic heterocycles. The molecule has 1 N–H and O–H groups in total. The van der Waals surface area contributed by atoms with Gasteiger partial charge in [-0.3, -0.25) is 4.79 Å². The SMILES string of the molecule is O=C(COC(=O)/C=C/c1ccc(Cl)cc1Cl)NC12CC3CC(CC(C3)C1)C2. The molecule has 5 rings (SSSR count). The Balaban J connectivity index is 1.28. The molecule has 0 atom stereocenters. The van der Waals surface area contributed by atoms with Crippen LogP contribution in [-0.2, 0) is 14.3 Å². The van der Waals surface area contributed by atoms with E-state index in [-0.39, 0.29) is 18.1 Å². The Morgan fingerprint density at radius 1 is 1.11 bits per heavy atom. The minimum Gasteiger partial charge on any atom is -0.452 e. The molecule has 1 aromatic carbocycles. The highest BCUT2D eigenvalue weighted by Crippen LogP contribution is 2.55. The maximum atomic E-state index is 12.3.